The number of H-pyrrole nitrogens is 1. The number of alkyl halides is 2. The lowest BCUT2D eigenvalue weighted by molar-refractivity contribution is -0.127. The summed E-state index contributed by atoms with van der Waals surface area (Å²) in [5.74, 6) is -2.18. The summed E-state index contributed by atoms with van der Waals surface area (Å²) in [6, 6.07) is 14.8. The highest BCUT2D eigenvalue weighted by Crippen LogP contribution is 2.34. The molecular weight excluding hydrogens is 499 g/mol. The van der Waals surface area contributed by atoms with Crippen molar-refractivity contribution in [2.45, 2.75) is 25.7 Å². The highest BCUT2D eigenvalue weighted by Gasteiger charge is 2.32. The number of allylic oxidation sites excluding steroid dienone is 1. The zero-order valence-electron chi connectivity index (χ0n) is 20.3. The van der Waals surface area contributed by atoms with Crippen LogP contribution in [-0.2, 0) is 4.79 Å². The normalized spacial score (nSPS) is 16.0. The summed E-state index contributed by atoms with van der Waals surface area (Å²) in [6.45, 7) is 2.31. The number of primary amides is 1. The van der Waals surface area contributed by atoms with Gasteiger partial charge in [-0.25, -0.2) is 17.7 Å². The predicted octanol–water partition coefficient (Wildman–Crippen LogP) is 4.96. The highest BCUT2D eigenvalue weighted by atomic mass is 19.3. The molecule has 0 bridgehead atoms. The van der Waals surface area contributed by atoms with Gasteiger partial charge in [0.2, 0.25) is 0 Å². The highest BCUT2D eigenvalue weighted by molar-refractivity contribution is 5.98. The molecule has 2 aromatic carbocycles. The van der Waals surface area contributed by atoms with Crippen LogP contribution in [0.3, 0.4) is 0 Å². The van der Waals surface area contributed by atoms with Gasteiger partial charge in [-0.15, -0.1) is 0 Å². The molecule has 0 radical (unpaired) electrons. The third-order valence-electron chi connectivity index (χ3n) is 6.51. The summed E-state index contributed by atoms with van der Waals surface area (Å²) in [7, 11) is 0. The molecule has 1 fully saturated rings. The Morgan fingerprint density at radius 2 is 1.79 bits per heavy atom. The Bertz CT molecular complexity index is 1520. The van der Waals surface area contributed by atoms with Crippen LogP contribution in [0.4, 0.5) is 13.2 Å². The molecule has 8 nitrogen and oxygen atoms in total. The van der Waals surface area contributed by atoms with Crippen LogP contribution in [0.5, 0.6) is 11.5 Å². The number of halogens is 3. The van der Waals surface area contributed by atoms with Gasteiger partial charge < -0.3 is 20.4 Å². The lowest BCUT2D eigenvalue weighted by Gasteiger charge is -2.15. The Labute approximate surface area is 215 Å². The average Bonchev–Trinajstić information content (AvgIpc) is 3.60. The number of likely N-dealkylation sites (tertiary alicyclic amines) is 1. The van der Waals surface area contributed by atoms with Crippen molar-refractivity contribution in [3.05, 3.63) is 83.5 Å². The number of carbonyl (C=O) groups is 2. The van der Waals surface area contributed by atoms with Crippen LogP contribution in [0.15, 0.2) is 66.6 Å². The van der Waals surface area contributed by atoms with Gasteiger partial charge in [-0.1, -0.05) is 17.7 Å². The Morgan fingerprint density at radius 1 is 1.13 bits per heavy atom. The van der Waals surface area contributed by atoms with Crippen molar-refractivity contribution >= 4 is 17.5 Å². The number of imidazole rings is 1. The van der Waals surface area contributed by atoms with E-state index in [0.717, 1.165) is 5.56 Å². The minimum absolute atomic E-state index is 0.00126. The van der Waals surface area contributed by atoms with Crippen LogP contribution in [0, 0.1) is 6.92 Å². The molecule has 38 heavy (non-hydrogen) atoms. The number of hydrogen-bond acceptors (Lipinski definition) is 4. The van der Waals surface area contributed by atoms with Crippen molar-refractivity contribution < 1.29 is 27.5 Å². The SMILES string of the molecule is Cc1ccc(Oc2ccc(-c3[nH]c4c(C5CCN(C(=O)C(F)=CC(F)F)C5)cnn4c3C(N)=O)cc2)cc1. The van der Waals surface area contributed by atoms with E-state index < -0.39 is 24.1 Å². The number of aromatic nitrogens is 3. The number of nitrogens with two attached hydrogens (primary N) is 1. The lowest BCUT2D eigenvalue weighted by atomic mass is 10.0. The first-order chi connectivity index (χ1) is 18.2. The first-order valence-electron chi connectivity index (χ1n) is 11.9. The zero-order valence-corrected chi connectivity index (χ0v) is 20.3. The van der Waals surface area contributed by atoms with Gasteiger partial charge in [0, 0.05) is 36.2 Å². The van der Waals surface area contributed by atoms with Crippen LogP contribution >= 0.6 is 0 Å². The van der Waals surface area contributed by atoms with Crippen LogP contribution in [0.1, 0.15) is 34.0 Å². The molecule has 1 unspecified atom stereocenters. The van der Waals surface area contributed by atoms with E-state index in [1.54, 1.807) is 30.5 Å². The summed E-state index contributed by atoms with van der Waals surface area (Å²) < 4.78 is 46.0. The molecule has 3 heterocycles. The standard InChI is InChI=1S/C27H24F3N5O3/c1-15-2-6-18(7-3-15)38-19-8-4-16(5-9-19)23-24(25(31)36)35-26(33-23)20(13-32-35)17-10-11-34(14-17)27(37)21(28)12-22(29)30/h2-9,12-13,17,22,33H,10-11,14H2,1H3,(H2,31,36). The maximum Gasteiger partial charge on any atom is 0.282 e. The summed E-state index contributed by atoms with van der Waals surface area (Å²) in [5.41, 5.74) is 9.31. The second kappa shape index (κ2) is 10.1. The van der Waals surface area contributed by atoms with Crippen LogP contribution in [-0.4, -0.2) is 50.8 Å². The minimum atomic E-state index is -3.06. The second-order valence-corrected chi connectivity index (χ2v) is 9.10. The Morgan fingerprint density at radius 3 is 2.42 bits per heavy atom. The summed E-state index contributed by atoms with van der Waals surface area (Å²) in [4.78, 5) is 29.0. The number of benzene rings is 2. The van der Waals surface area contributed by atoms with E-state index in [0.29, 0.717) is 40.4 Å². The molecule has 3 N–H and O–H groups in total. The van der Waals surface area contributed by atoms with Crippen molar-refractivity contribution in [3.63, 3.8) is 0 Å². The molecule has 2 aromatic heterocycles. The van der Waals surface area contributed by atoms with Crippen molar-refractivity contribution in [1.82, 2.24) is 19.5 Å². The summed E-state index contributed by atoms with van der Waals surface area (Å²) in [6.07, 6.45) is -1.02. The average molecular weight is 524 g/mol. The van der Waals surface area contributed by atoms with Gasteiger partial charge in [-0.3, -0.25) is 9.59 Å². The Hall–Kier alpha value is -4.54. The number of aromatic amines is 1. The van der Waals surface area contributed by atoms with E-state index in [-0.39, 0.29) is 30.8 Å². The van der Waals surface area contributed by atoms with Crippen molar-refractivity contribution in [3.8, 4) is 22.8 Å². The van der Waals surface area contributed by atoms with Crippen molar-refractivity contribution in [2.24, 2.45) is 5.73 Å². The fourth-order valence-electron chi connectivity index (χ4n) is 4.64. The number of carbonyl (C=O) groups excluding carboxylic acids is 2. The number of nitrogens with zero attached hydrogens (tertiary/aromatic N) is 3. The molecule has 0 spiro atoms. The number of fused-ring (bicyclic) bond motifs is 1. The third kappa shape index (κ3) is 4.86. The quantitative estimate of drug-likeness (QED) is 0.334. The van der Waals surface area contributed by atoms with Crippen LogP contribution < -0.4 is 10.5 Å². The third-order valence-corrected chi connectivity index (χ3v) is 6.51. The fourth-order valence-corrected chi connectivity index (χ4v) is 4.64. The number of rotatable bonds is 7. The van der Waals surface area contributed by atoms with E-state index in [1.165, 1.54) is 9.42 Å². The summed E-state index contributed by atoms with van der Waals surface area (Å²) in [5, 5.41) is 4.33. The fraction of sp³-hybridized carbons (Fsp3) is 0.222. The first kappa shape index (κ1) is 25.1. The van der Waals surface area contributed by atoms with Gasteiger partial charge in [0.15, 0.2) is 11.5 Å². The predicted molar refractivity (Wildman–Crippen MR) is 134 cm³/mol. The molecule has 2 amide bonds. The summed E-state index contributed by atoms with van der Waals surface area (Å²) >= 11 is 0. The first-order valence-corrected chi connectivity index (χ1v) is 11.9. The smallest absolute Gasteiger partial charge is 0.282 e. The van der Waals surface area contributed by atoms with E-state index in [4.69, 9.17) is 10.5 Å². The van der Waals surface area contributed by atoms with E-state index in [9.17, 15) is 22.8 Å². The molecule has 0 aliphatic carbocycles. The molecule has 4 aromatic rings. The van der Waals surface area contributed by atoms with Crippen molar-refractivity contribution in [1.29, 1.82) is 0 Å². The van der Waals surface area contributed by atoms with E-state index >= 15 is 0 Å². The Balaban J connectivity index is 1.41. The molecular formula is C27H24F3N5O3. The van der Waals surface area contributed by atoms with E-state index in [1.807, 2.05) is 31.2 Å². The maximum atomic E-state index is 13.8. The second-order valence-electron chi connectivity index (χ2n) is 9.10. The molecule has 1 aliphatic heterocycles. The molecule has 1 aliphatic rings. The number of aryl methyl sites for hydroxylation is 1. The lowest BCUT2D eigenvalue weighted by Crippen LogP contribution is -2.29. The molecule has 196 valence electrons. The number of nitrogens with one attached hydrogen (secondary N) is 1. The monoisotopic (exact) mass is 523 g/mol. The largest absolute Gasteiger partial charge is 0.457 e. The minimum Gasteiger partial charge on any atom is -0.457 e. The number of hydrogen-bond donors (Lipinski definition) is 2. The Kier molecular flexibility index (Phi) is 6.66. The van der Waals surface area contributed by atoms with Crippen LogP contribution in [0.25, 0.3) is 16.9 Å². The topological polar surface area (TPSA) is 106 Å². The van der Waals surface area contributed by atoms with Gasteiger partial charge >= 0.3 is 0 Å². The van der Waals surface area contributed by atoms with Gasteiger partial charge in [-0.2, -0.15) is 5.10 Å². The van der Waals surface area contributed by atoms with Gasteiger partial charge in [0.25, 0.3) is 18.2 Å². The molecule has 1 atom stereocenters. The maximum absolute atomic E-state index is 13.8. The van der Waals surface area contributed by atoms with Crippen molar-refractivity contribution in [2.75, 3.05) is 13.1 Å². The number of amides is 2. The zero-order chi connectivity index (χ0) is 27.0. The molecule has 5 rings (SSSR count). The van der Waals surface area contributed by atoms with Crippen LogP contribution in [0.2, 0.25) is 0 Å². The number of ether oxygens (including phenoxy) is 1. The molecule has 1 saturated heterocycles. The molecule has 0 saturated carbocycles. The van der Waals surface area contributed by atoms with Gasteiger partial charge in [0.1, 0.15) is 17.1 Å². The van der Waals surface area contributed by atoms with E-state index in [2.05, 4.69) is 10.1 Å². The molecule has 11 heteroatoms. The van der Waals surface area contributed by atoms with Gasteiger partial charge in [0.05, 0.1) is 11.9 Å². The van der Waals surface area contributed by atoms with Gasteiger partial charge in [-0.05, 0) is 49.7 Å².